The average molecular weight is 452 g/mol. The van der Waals surface area contributed by atoms with Gasteiger partial charge in [-0.15, -0.1) is 0 Å². The summed E-state index contributed by atoms with van der Waals surface area (Å²) in [6, 6.07) is 6.93. The fourth-order valence-corrected chi connectivity index (χ4v) is 3.47. The third-order valence-corrected chi connectivity index (χ3v) is 5.54. The first kappa shape index (κ1) is 24.2. The van der Waals surface area contributed by atoms with Gasteiger partial charge in [-0.05, 0) is 66.1 Å². The zero-order valence-corrected chi connectivity index (χ0v) is 19.8. The second kappa shape index (κ2) is 9.99. The van der Waals surface area contributed by atoms with Gasteiger partial charge in [0.05, 0.1) is 23.8 Å². The highest BCUT2D eigenvalue weighted by atomic mass is 19.1. The normalized spacial score (nSPS) is 12.3. The molecule has 3 aromatic rings. The number of anilines is 2. The monoisotopic (exact) mass is 451 g/mol. The van der Waals surface area contributed by atoms with Crippen molar-refractivity contribution in [3.05, 3.63) is 53.9 Å². The summed E-state index contributed by atoms with van der Waals surface area (Å²) in [5, 5.41) is 11.2. The molecule has 0 radical (unpaired) electrons. The summed E-state index contributed by atoms with van der Waals surface area (Å²) in [5.41, 5.74) is 1.90. The molecule has 0 saturated carbocycles. The Hall–Kier alpha value is -3.46. The molecule has 2 N–H and O–H groups in total. The van der Waals surface area contributed by atoms with Crippen LogP contribution < -0.4 is 5.32 Å². The Bertz CT molecular complexity index is 1150. The van der Waals surface area contributed by atoms with E-state index in [1.54, 1.807) is 30.5 Å². The molecule has 0 aliphatic rings. The standard InChI is InChI=1S/C24H30FN7O/c1-14(2)32-16(4)27-13-21(32)22-19(25)12-28-24(30-22)29-18-9-7-17(8-10-18)23(33)20(26)11-15(3)31(5)6/h7-10,12-15,26H,11H2,1-6H3,(H,28,29,30)/t15-/m1/s1. The van der Waals surface area contributed by atoms with E-state index < -0.39 is 5.82 Å². The quantitative estimate of drug-likeness (QED) is 0.363. The van der Waals surface area contributed by atoms with Crippen LogP contribution in [0.15, 0.2) is 36.7 Å². The van der Waals surface area contributed by atoms with Gasteiger partial charge in [0.25, 0.3) is 0 Å². The zero-order valence-electron chi connectivity index (χ0n) is 19.8. The Morgan fingerprint density at radius 3 is 2.42 bits per heavy atom. The average Bonchev–Trinajstić information content (AvgIpc) is 3.16. The lowest BCUT2D eigenvalue weighted by atomic mass is 10.0. The van der Waals surface area contributed by atoms with Crippen LogP contribution in [-0.4, -0.2) is 56.1 Å². The fourth-order valence-electron chi connectivity index (χ4n) is 3.47. The van der Waals surface area contributed by atoms with Crippen molar-refractivity contribution in [2.75, 3.05) is 19.4 Å². The molecule has 9 heteroatoms. The zero-order chi connectivity index (χ0) is 24.3. The number of aromatic nitrogens is 4. The molecule has 8 nitrogen and oxygen atoms in total. The SMILES string of the molecule is Cc1ncc(-c2nc(Nc3ccc(C(=O)C(=N)C[C@@H](C)N(C)C)cc3)ncc2F)n1C(C)C. The van der Waals surface area contributed by atoms with Gasteiger partial charge in [0.2, 0.25) is 11.7 Å². The number of aryl methyl sites for hydroxylation is 1. The first-order chi connectivity index (χ1) is 15.6. The van der Waals surface area contributed by atoms with E-state index in [9.17, 15) is 9.18 Å². The topological polar surface area (TPSA) is 99.8 Å². The molecule has 0 aliphatic carbocycles. The molecule has 33 heavy (non-hydrogen) atoms. The van der Waals surface area contributed by atoms with Crippen LogP contribution in [-0.2, 0) is 0 Å². The molecule has 0 unspecified atom stereocenters. The van der Waals surface area contributed by atoms with Gasteiger partial charge in [-0.2, -0.15) is 0 Å². The van der Waals surface area contributed by atoms with Crippen LogP contribution in [0.5, 0.6) is 0 Å². The summed E-state index contributed by atoms with van der Waals surface area (Å²) in [4.78, 5) is 27.2. The largest absolute Gasteiger partial charge is 0.324 e. The van der Waals surface area contributed by atoms with E-state index in [1.807, 2.05) is 51.3 Å². The third kappa shape index (κ3) is 5.48. The molecule has 0 spiro atoms. The van der Waals surface area contributed by atoms with Crippen molar-refractivity contribution in [3.63, 3.8) is 0 Å². The van der Waals surface area contributed by atoms with Gasteiger partial charge < -0.3 is 20.2 Å². The van der Waals surface area contributed by atoms with Crippen LogP contribution in [0, 0.1) is 18.2 Å². The number of rotatable bonds is 9. The first-order valence-corrected chi connectivity index (χ1v) is 10.8. The smallest absolute Gasteiger partial charge is 0.227 e. The van der Waals surface area contributed by atoms with Crippen LogP contribution in [0.1, 0.15) is 49.4 Å². The van der Waals surface area contributed by atoms with Crippen molar-refractivity contribution in [3.8, 4) is 11.4 Å². The van der Waals surface area contributed by atoms with Gasteiger partial charge >= 0.3 is 0 Å². The van der Waals surface area contributed by atoms with E-state index in [0.717, 1.165) is 12.0 Å². The lowest BCUT2D eigenvalue weighted by Crippen LogP contribution is -2.29. The van der Waals surface area contributed by atoms with Gasteiger partial charge in [-0.3, -0.25) is 4.79 Å². The molecule has 1 aromatic carbocycles. The maximum absolute atomic E-state index is 14.5. The summed E-state index contributed by atoms with van der Waals surface area (Å²) in [7, 11) is 3.84. The van der Waals surface area contributed by atoms with E-state index in [-0.39, 0.29) is 35.2 Å². The van der Waals surface area contributed by atoms with Crippen molar-refractivity contribution >= 4 is 23.1 Å². The molecule has 174 valence electrons. The van der Waals surface area contributed by atoms with Crippen LogP contribution in [0.25, 0.3) is 11.4 Å². The van der Waals surface area contributed by atoms with Crippen LogP contribution in [0.2, 0.25) is 0 Å². The predicted molar refractivity (Wildman–Crippen MR) is 128 cm³/mol. The number of nitrogens with one attached hydrogen (secondary N) is 2. The number of hydrogen-bond acceptors (Lipinski definition) is 7. The number of nitrogens with zero attached hydrogens (tertiary/aromatic N) is 5. The molecule has 0 fully saturated rings. The van der Waals surface area contributed by atoms with E-state index in [2.05, 4.69) is 20.3 Å². The molecule has 0 amide bonds. The molecule has 2 heterocycles. The lowest BCUT2D eigenvalue weighted by molar-refractivity contribution is 0.106. The molecular weight excluding hydrogens is 421 g/mol. The molecule has 1 atom stereocenters. The highest BCUT2D eigenvalue weighted by Gasteiger charge is 2.19. The molecule has 0 bridgehead atoms. The van der Waals surface area contributed by atoms with Crippen molar-refractivity contribution in [1.29, 1.82) is 5.41 Å². The molecule has 2 aromatic heterocycles. The Kier molecular flexibility index (Phi) is 7.33. The number of ketones is 1. The minimum Gasteiger partial charge on any atom is -0.324 e. The van der Waals surface area contributed by atoms with Crippen molar-refractivity contribution in [2.24, 2.45) is 0 Å². The summed E-state index contributed by atoms with van der Waals surface area (Å²) >= 11 is 0. The Balaban J connectivity index is 1.78. The highest BCUT2D eigenvalue weighted by Crippen LogP contribution is 2.26. The summed E-state index contributed by atoms with van der Waals surface area (Å²) in [5.74, 6) is 0.173. The summed E-state index contributed by atoms with van der Waals surface area (Å²) < 4.78 is 16.5. The number of hydrogen-bond donors (Lipinski definition) is 2. The van der Waals surface area contributed by atoms with E-state index in [0.29, 0.717) is 23.4 Å². The predicted octanol–water partition coefficient (Wildman–Crippen LogP) is 4.65. The minimum atomic E-state index is -0.534. The minimum absolute atomic E-state index is 0.0699. The summed E-state index contributed by atoms with van der Waals surface area (Å²) in [6.45, 7) is 7.84. The number of carbonyl (C=O) groups is 1. The Labute approximate surface area is 193 Å². The van der Waals surface area contributed by atoms with Crippen molar-refractivity contribution < 1.29 is 9.18 Å². The van der Waals surface area contributed by atoms with Gasteiger partial charge in [-0.25, -0.2) is 19.3 Å². The second-order valence-corrected chi connectivity index (χ2v) is 8.57. The van der Waals surface area contributed by atoms with Crippen molar-refractivity contribution in [2.45, 2.75) is 46.2 Å². The maximum atomic E-state index is 14.5. The second-order valence-electron chi connectivity index (χ2n) is 8.57. The third-order valence-electron chi connectivity index (χ3n) is 5.54. The molecule has 0 saturated heterocycles. The van der Waals surface area contributed by atoms with Gasteiger partial charge in [0, 0.05) is 29.8 Å². The summed E-state index contributed by atoms with van der Waals surface area (Å²) in [6.07, 6.45) is 3.12. The van der Waals surface area contributed by atoms with Crippen LogP contribution in [0.3, 0.4) is 0 Å². The number of benzene rings is 1. The number of imidazole rings is 1. The number of halogens is 1. The fraction of sp³-hybridized carbons (Fsp3) is 0.375. The maximum Gasteiger partial charge on any atom is 0.227 e. The van der Waals surface area contributed by atoms with Crippen LogP contribution >= 0.6 is 0 Å². The molecule has 3 rings (SSSR count). The Morgan fingerprint density at radius 2 is 1.82 bits per heavy atom. The number of Topliss-reactive ketones (excluding diaryl/α,β-unsaturated/α-hetero) is 1. The van der Waals surface area contributed by atoms with Gasteiger partial charge in [-0.1, -0.05) is 0 Å². The van der Waals surface area contributed by atoms with E-state index >= 15 is 0 Å². The van der Waals surface area contributed by atoms with Gasteiger partial charge in [0.15, 0.2) is 5.82 Å². The molecule has 0 aliphatic heterocycles. The Morgan fingerprint density at radius 1 is 1.15 bits per heavy atom. The van der Waals surface area contributed by atoms with Crippen molar-refractivity contribution in [1.82, 2.24) is 24.4 Å². The highest BCUT2D eigenvalue weighted by molar-refractivity contribution is 6.45. The van der Waals surface area contributed by atoms with E-state index in [1.165, 1.54) is 0 Å². The first-order valence-electron chi connectivity index (χ1n) is 10.8. The van der Waals surface area contributed by atoms with E-state index in [4.69, 9.17) is 5.41 Å². The molecular formula is C24H30FN7O. The lowest BCUT2D eigenvalue weighted by Gasteiger charge is -2.19. The van der Waals surface area contributed by atoms with Crippen LogP contribution in [0.4, 0.5) is 16.0 Å². The number of carbonyl (C=O) groups excluding carboxylic acids is 1. The van der Waals surface area contributed by atoms with Gasteiger partial charge in [0.1, 0.15) is 11.5 Å².